The van der Waals surface area contributed by atoms with Gasteiger partial charge in [-0.1, -0.05) is 0 Å². The molecule has 1 aliphatic heterocycles. The van der Waals surface area contributed by atoms with E-state index >= 15 is 0 Å². The number of sulfonamides is 1. The Balaban J connectivity index is 1.51. The van der Waals surface area contributed by atoms with Gasteiger partial charge in [0.2, 0.25) is 10.0 Å². The predicted octanol–water partition coefficient (Wildman–Crippen LogP) is 1.99. The molecule has 3 rings (SSSR count). The standard InChI is InChI=1S/C17H23N3O5S/c21-16(22)12-2-4-13(5-3-12)18-17(23)19-14-6-8-15(9-7-14)20-10-1-11-26(20,24)25/h6-9,12-13H,1-5,10-11H2,(H,21,22)(H2,18,19,23). The Hall–Kier alpha value is -2.29. The zero-order valence-electron chi connectivity index (χ0n) is 14.3. The number of benzene rings is 1. The number of hydrogen-bond donors (Lipinski definition) is 3. The van der Waals surface area contributed by atoms with Crippen LogP contribution in [0, 0.1) is 5.92 Å². The summed E-state index contributed by atoms with van der Waals surface area (Å²) in [7, 11) is -3.21. The highest BCUT2D eigenvalue weighted by molar-refractivity contribution is 7.93. The maximum absolute atomic E-state index is 12.1. The van der Waals surface area contributed by atoms with Crippen LogP contribution in [-0.2, 0) is 14.8 Å². The van der Waals surface area contributed by atoms with Crippen molar-refractivity contribution in [3.8, 4) is 0 Å². The van der Waals surface area contributed by atoms with E-state index in [4.69, 9.17) is 5.11 Å². The Morgan fingerprint density at radius 3 is 2.27 bits per heavy atom. The van der Waals surface area contributed by atoms with E-state index in [0.29, 0.717) is 50.0 Å². The molecular formula is C17H23N3O5S. The molecule has 0 radical (unpaired) electrons. The Morgan fingerprint density at radius 2 is 1.73 bits per heavy atom. The summed E-state index contributed by atoms with van der Waals surface area (Å²) in [6.45, 7) is 0.481. The molecule has 8 nitrogen and oxygen atoms in total. The molecular weight excluding hydrogens is 358 g/mol. The van der Waals surface area contributed by atoms with Gasteiger partial charge in [-0.2, -0.15) is 0 Å². The molecule has 1 aliphatic carbocycles. The van der Waals surface area contributed by atoms with Crippen molar-refractivity contribution in [3.05, 3.63) is 24.3 Å². The first kappa shape index (κ1) is 18.5. The van der Waals surface area contributed by atoms with Gasteiger partial charge in [-0.15, -0.1) is 0 Å². The van der Waals surface area contributed by atoms with Crippen LogP contribution >= 0.6 is 0 Å². The highest BCUT2D eigenvalue weighted by Gasteiger charge is 2.28. The molecule has 26 heavy (non-hydrogen) atoms. The minimum Gasteiger partial charge on any atom is -0.481 e. The summed E-state index contributed by atoms with van der Waals surface area (Å²) in [5.41, 5.74) is 1.17. The van der Waals surface area contributed by atoms with Crippen LogP contribution in [0.4, 0.5) is 16.2 Å². The molecule has 2 aliphatic rings. The number of anilines is 2. The normalized spacial score (nSPS) is 24.8. The zero-order valence-corrected chi connectivity index (χ0v) is 15.2. The number of hydrogen-bond acceptors (Lipinski definition) is 4. The zero-order chi connectivity index (χ0) is 18.7. The summed E-state index contributed by atoms with van der Waals surface area (Å²) in [6.07, 6.45) is 3.06. The summed E-state index contributed by atoms with van der Waals surface area (Å²) in [6, 6.07) is 6.33. The first-order chi connectivity index (χ1) is 12.3. The van der Waals surface area contributed by atoms with E-state index < -0.39 is 16.0 Å². The van der Waals surface area contributed by atoms with Crippen LogP contribution in [0.15, 0.2) is 24.3 Å². The number of carbonyl (C=O) groups is 2. The second kappa shape index (κ2) is 7.53. The molecule has 1 saturated heterocycles. The fourth-order valence-corrected chi connectivity index (χ4v) is 5.04. The minimum absolute atomic E-state index is 0.0281. The first-order valence-electron chi connectivity index (χ1n) is 8.76. The topological polar surface area (TPSA) is 116 Å². The van der Waals surface area contributed by atoms with E-state index in [-0.39, 0.29) is 23.7 Å². The van der Waals surface area contributed by atoms with E-state index in [1.54, 1.807) is 24.3 Å². The maximum Gasteiger partial charge on any atom is 0.319 e. The van der Waals surface area contributed by atoms with Crippen molar-refractivity contribution in [2.45, 2.75) is 38.1 Å². The second-order valence-corrected chi connectivity index (χ2v) is 8.79. The Bertz CT molecular complexity index is 770. The highest BCUT2D eigenvalue weighted by atomic mass is 32.2. The SMILES string of the molecule is O=C(Nc1ccc(N2CCCS2(=O)=O)cc1)NC1CCC(C(=O)O)CC1. The van der Waals surface area contributed by atoms with Gasteiger partial charge in [-0.25, -0.2) is 13.2 Å². The Labute approximate surface area is 152 Å². The van der Waals surface area contributed by atoms with Crippen molar-refractivity contribution in [2.24, 2.45) is 5.92 Å². The molecule has 142 valence electrons. The van der Waals surface area contributed by atoms with E-state index in [9.17, 15) is 18.0 Å². The van der Waals surface area contributed by atoms with Gasteiger partial charge in [0, 0.05) is 18.3 Å². The van der Waals surface area contributed by atoms with Crippen molar-refractivity contribution < 1.29 is 23.1 Å². The monoisotopic (exact) mass is 381 g/mol. The lowest BCUT2D eigenvalue weighted by atomic mass is 9.86. The van der Waals surface area contributed by atoms with E-state index in [1.165, 1.54) is 4.31 Å². The van der Waals surface area contributed by atoms with Crippen molar-refractivity contribution in [3.63, 3.8) is 0 Å². The molecule has 1 heterocycles. The number of rotatable bonds is 4. The van der Waals surface area contributed by atoms with Gasteiger partial charge in [-0.3, -0.25) is 9.10 Å². The summed E-state index contributed by atoms with van der Waals surface area (Å²) in [4.78, 5) is 23.0. The fraction of sp³-hybridized carbons (Fsp3) is 0.529. The Morgan fingerprint density at radius 1 is 1.08 bits per heavy atom. The molecule has 1 aromatic carbocycles. The van der Waals surface area contributed by atoms with E-state index in [2.05, 4.69) is 10.6 Å². The molecule has 1 saturated carbocycles. The summed E-state index contributed by atoms with van der Waals surface area (Å²) in [5, 5.41) is 14.6. The lowest BCUT2D eigenvalue weighted by molar-refractivity contribution is -0.142. The molecule has 0 spiro atoms. The molecule has 0 unspecified atom stereocenters. The molecule has 9 heteroatoms. The van der Waals surface area contributed by atoms with E-state index in [0.717, 1.165) is 0 Å². The average Bonchev–Trinajstić information content (AvgIpc) is 2.95. The predicted molar refractivity (Wildman–Crippen MR) is 97.7 cm³/mol. The molecule has 2 fully saturated rings. The van der Waals surface area contributed by atoms with Gasteiger partial charge in [-0.05, 0) is 56.4 Å². The quantitative estimate of drug-likeness (QED) is 0.738. The van der Waals surface area contributed by atoms with Gasteiger partial charge >= 0.3 is 12.0 Å². The van der Waals surface area contributed by atoms with Crippen LogP contribution < -0.4 is 14.9 Å². The second-order valence-electron chi connectivity index (χ2n) is 6.77. The van der Waals surface area contributed by atoms with Gasteiger partial charge in [0.1, 0.15) is 0 Å². The van der Waals surface area contributed by atoms with Crippen molar-refractivity contribution in [2.75, 3.05) is 21.9 Å². The summed E-state index contributed by atoms with van der Waals surface area (Å²) >= 11 is 0. The average molecular weight is 381 g/mol. The lowest BCUT2D eigenvalue weighted by Gasteiger charge is -2.26. The molecule has 0 bridgehead atoms. The lowest BCUT2D eigenvalue weighted by Crippen LogP contribution is -2.40. The highest BCUT2D eigenvalue weighted by Crippen LogP contribution is 2.26. The number of amides is 2. The largest absolute Gasteiger partial charge is 0.481 e. The van der Waals surface area contributed by atoms with E-state index in [1.807, 2.05) is 0 Å². The van der Waals surface area contributed by atoms with Crippen molar-refractivity contribution >= 4 is 33.4 Å². The third kappa shape index (κ3) is 4.27. The van der Waals surface area contributed by atoms with Crippen LogP contribution in [-0.4, -0.2) is 43.9 Å². The molecule has 0 atom stereocenters. The molecule has 3 N–H and O–H groups in total. The third-order valence-corrected chi connectivity index (χ3v) is 6.79. The fourth-order valence-electron chi connectivity index (χ4n) is 3.48. The number of aliphatic carboxylic acids is 1. The van der Waals surface area contributed by atoms with Crippen LogP contribution in [0.5, 0.6) is 0 Å². The number of urea groups is 1. The molecule has 0 aromatic heterocycles. The minimum atomic E-state index is -3.21. The van der Waals surface area contributed by atoms with Crippen molar-refractivity contribution in [1.29, 1.82) is 0 Å². The van der Waals surface area contributed by atoms with Gasteiger partial charge in [0.25, 0.3) is 0 Å². The van der Waals surface area contributed by atoms with Gasteiger partial charge in [0.15, 0.2) is 0 Å². The number of carboxylic acids is 1. The number of nitrogens with zero attached hydrogens (tertiary/aromatic N) is 1. The molecule has 2 amide bonds. The van der Waals surface area contributed by atoms with Crippen LogP contribution in [0.25, 0.3) is 0 Å². The van der Waals surface area contributed by atoms with Crippen molar-refractivity contribution in [1.82, 2.24) is 5.32 Å². The smallest absolute Gasteiger partial charge is 0.319 e. The third-order valence-electron chi connectivity index (χ3n) is 4.92. The van der Waals surface area contributed by atoms with Gasteiger partial charge < -0.3 is 15.7 Å². The maximum atomic E-state index is 12.1. The number of carbonyl (C=O) groups excluding carboxylic acids is 1. The number of carboxylic acid groups (broad SMARTS) is 1. The summed E-state index contributed by atoms with van der Waals surface area (Å²) in [5.74, 6) is -0.918. The molecule has 1 aromatic rings. The van der Waals surface area contributed by atoms with Crippen LogP contribution in [0.1, 0.15) is 32.1 Å². The summed E-state index contributed by atoms with van der Waals surface area (Å²) < 4.78 is 25.2. The number of nitrogens with one attached hydrogen (secondary N) is 2. The van der Waals surface area contributed by atoms with Crippen LogP contribution in [0.3, 0.4) is 0 Å². The van der Waals surface area contributed by atoms with Crippen LogP contribution in [0.2, 0.25) is 0 Å². The van der Waals surface area contributed by atoms with Gasteiger partial charge in [0.05, 0.1) is 17.4 Å². The first-order valence-corrected chi connectivity index (χ1v) is 10.4. The Kier molecular flexibility index (Phi) is 5.36.